The Morgan fingerprint density at radius 2 is 2.00 bits per heavy atom. The van der Waals surface area contributed by atoms with Crippen molar-refractivity contribution in [2.75, 3.05) is 20.6 Å². The zero-order valence-corrected chi connectivity index (χ0v) is 7.96. The molecule has 9 heavy (non-hydrogen) atoms. The van der Waals surface area contributed by atoms with E-state index >= 15 is 0 Å². The molecule has 0 aliphatic heterocycles. The van der Waals surface area contributed by atoms with Gasteiger partial charge in [0.15, 0.2) is 0 Å². The molecular formula is C5H12INO2. The molecule has 0 atom stereocenters. The van der Waals surface area contributed by atoms with Crippen molar-refractivity contribution < 1.29 is 9.90 Å². The molecule has 0 unspecified atom stereocenters. The van der Waals surface area contributed by atoms with E-state index in [-0.39, 0.29) is 30.4 Å². The summed E-state index contributed by atoms with van der Waals surface area (Å²) in [5.41, 5.74) is 0. The summed E-state index contributed by atoms with van der Waals surface area (Å²) in [7, 11) is 3.70. The first-order valence-electron chi connectivity index (χ1n) is 2.49. The maximum atomic E-state index is 9.88. The van der Waals surface area contributed by atoms with Gasteiger partial charge in [0.1, 0.15) is 0 Å². The van der Waals surface area contributed by atoms with Crippen LogP contribution in [0.25, 0.3) is 0 Å². The van der Waals surface area contributed by atoms with Gasteiger partial charge < -0.3 is 10.0 Å². The molecule has 0 aromatic rings. The standard InChI is InChI=1S/C5H11NO2.HI/c1-6(2)4-3-5(7)8;/h3-4H2,1-2H3,(H,7,8);1H. The van der Waals surface area contributed by atoms with Crippen molar-refractivity contribution in [2.45, 2.75) is 6.42 Å². The molecule has 4 heteroatoms. The molecule has 0 rings (SSSR count). The summed E-state index contributed by atoms with van der Waals surface area (Å²) in [6, 6.07) is 0. The molecule has 0 radical (unpaired) electrons. The molecule has 0 heterocycles. The molecule has 0 spiro atoms. The second-order valence-corrected chi connectivity index (χ2v) is 1.95. The van der Waals surface area contributed by atoms with Crippen LogP contribution in [0.3, 0.4) is 0 Å². The average molecular weight is 245 g/mol. The summed E-state index contributed by atoms with van der Waals surface area (Å²) in [5.74, 6) is -0.737. The topological polar surface area (TPSA) is 40.5 Å². The molecule has 56 valence electrons. The largest absolute Gasteiger partial charge is 0.481 e. The second kappa shape index (κ2) is 6.28. The van der Waals surface area contributed by atoms with E-state index in [2.05, 4.69) is 0 Å². The van der Waals surface area contributed by atoms with Crippen molar-refractivity contribution in [3.05, 3.63) is 0 Å². The van der Waals surface area contributed by atoms with Crippen LogP contribution in [0, 0.1) is 0 Å². The van der Waals surface area contributed by atoms with Gasteiger partial charge in [-0.15, -0.1) is 24.0 Å². The lowest BCUT2D eigenvalue weighted by Gasteiger charge is -2.04. The predicted molar refractivity (Wildman–Crippen MR) is 46.2 cm³/mol. The number of halogens is 1. The van der Waals surface area contributed by atoms with Gasteiger partial charge in [0.25, 0.3) is 0 Å². The monoisotopic (exact) mass is 245 g/mol. The van der Waals surface area contributed by atoms with Crippen LogP contribution in [0.15, 0.2) is 0 Å². The third-order valence-corrected chi connectivity index (χ3v) is 0.773. The van der Waals surface area contributed by atoms with Crippen molar-refractivity contribution >= 4 is 29.9 Å². The summed E-state index contributed by atoms with van der Waals surface area (Å²) in [4.78, 5) is 11.7. The zero-order valence-electron chi connectivity index (χ0n) is 5.63. The first-order chi connectivity index (χ1) is 3.63. The highest BCUT2D eigenvalue weighted by Crippen LogP contribution is 1.80. The summed E-state index contributed by atoms with van der Waals surface area (Å²) >= 11 is 0. The van der Waals surface area contributed by atoms with E-state index in [1.54, 1.807) is 0 Å². The number of aliphatic carboxylic acids is 1. The lowest BCUT2D eigenvalue weighted by atomic mass is 10.4. The van der Waals surface area contributed by atoms with Crippen molar-refractivity contribution in [1.82, 2.24) is 4.90 Å². The normalized spacial score (nSPS) is 8.78. The molecule has 0 aromatic heterocycles. The SMILES string of the molecule is CN(C)CCC(=O)O.I. The van der Waals surface area contributed by atoms with Crippen LogP contribution in [-0.2, 0) is 4.79 Å². The van der Waals surface area contributed by atoms with Crippen molar-refractivity contribution in [2.24, 2.45) is 0 Å². The molecule has 0 fully saturated rings. The molecule has 1 N–H and O–H groups in total. The molecule has 0 bridgehead atoms. The van der Waals surface area contributed by atoms with Gasteiger partial charge in [0.2, 0.25) is 0 Å². The number of hydrogen-bond donors (Lipinski definition) is 1. The Kier molecular flexibility index (Phi) is 8.31. The second-order valence-electron chi connectivity index (χ2n) is 1.95. The van der Waals surface area contributed by atoms with Crippen LogP contribution < -0.4 is 0 Å². The van der Waals surface area contributed by atoms with E-state index in [4.69, 9.17) is 5.11 Å². The molecule has 0 amide bonds. The van der Waals surface area contributed by atoms with Crippen molar-refractivity contribution in [3.63, 3.8) is 0 Å². The summed E-state index contributed by atoms with van der Waals surface area (Å²) in [6.07, 6.45) is 0.229. The van der Waals surface area contributed by atoms with Crippen LogP contribution >= 0.6 is 24.0 Å². The third kappa shape index (κ3) is 11.6. The van der Waals surface area contributed by atoms with Crippen LogP contribution in [0.2, 0.25) is 0 Å². The summed E-state index contributed by atoms with van der Waals surface area (Å²) in [6.45, 7) is 0.620. The average Bonchev–Trinajstić information content (AvgIpc) is 1.61. The van der Waals surface area contributed by atoms with Crippen molar-refractivity contribution in [1.29, 1.82) is 0 Å². The van der Waals surface area contributed by atoms with Gasteiger partial charge in [-0.2, -0.15) is 0 Å². The molecule has 0 saturated heterocycles. The number of rotatable bonds is 3. The quantitative estimate of drug-likeness (QED) is 0.742. The number of carboxylic acid groups (broad SMARTS) is 1. The first kappa shape index (κ1) is 11.9. The van der Waals surface area contributed by atoms with E-state index in [1.165, 1.54) is 0 Å². The maximum Gasteiger partial charge on any atom is 0.304 e. The summed E-state index contributed by atoms with van der Waals surface area (Å²) < 4.78 is 0. The van der Waals surface area contributed by atoms with Gasteiger partial charge in [-0.25, -0.2) is 0 Å². The maximum absolute atomic E-state index is 9.88. The number of carboxylic acids is 1. The van der Waals surface area contributed by atoms with Crippen molar-refractivity contribution in [3.8, 4) is 0 Å². The highest BCUT2D eigenvalue weighted by atomic mass is 127. The van der Waals surface area contributed by atoms with E-state index in [1.807, 2.05) is 19.0 Å². The van der Waals surface area contributed by atoms with Gasteiger partial charge in [-0.05, 0) is 14.1 Å². The Morgan fingerprint density at radius 1 is 1.56 bits per heavy atom. The van der Waals surface area contributed by atoms with E-state index in [9.17, 15) is 4.79 Å². The zero-order chi connectivity index (χ0) is 6.57. The van der Waals surface area contributed by atoms with E-state index in [0.717, 1.165) is 0 Å². The molecule has 0 aliphatic rings. The third-order valence-electron chi connectivity index (χ3n) is 0.773. The Labute approximate surface area is 72.1 Å². The van der Waals surface area contributed by atoms with Crippen LogP contribution in [0.4, 0.5) is 0 Å². The minimum atomic E-state index is -0.737. The molecule has 0 saturated carbocycles. The predicted octanol–water partition coefficient (Wildman–Crippen LogP) is 0.641. The number of nitrogens with zero attached hydrogens (tertiary/aromatic N) is 1. The molecule has 0 aromatic carbocycles. The fourth-order valence-corrected chi connectivity index (χ4v) is 0.319. The highest BCUT2D eigenvalue weighted by molar-refractivity contribution is 14.0. The minimum absolute atomic E-state index is 0. The number of carbonyl (C=O) groups is 1. The molecule has 3 nitrogen and oxygen atoms in total. The first-order valence-corrected chi connectivity index (χ1v) is 2.49. The van der Waals surface area contributed by atoms with Crippen LogP contribution in [0.1, 0.15) is 6.42 Å². The van der Waals surface area contributed by atoms with Gasteiger partial charge in [-0.1, -0.05) is 0 Å². The number of hydrogen-bond acceptors (Lipinski definition) is 2. The smallest absolute Gasteiger partial charge is 0.304 e. The van der Waals surface area contributed by atoms with Gasteiger partial charge >= 0.3 is 5.97 Å². The Balaban J connectivity index is 0. The van der Waals surface area contributed by atoms with Crippen LogP contribution in [-0.4, -0.2) is 36.6 Å². The molecule has 0 aliphatic carbocycles. The fraction of sp³-hybridized carbons (Fsp3) is 0.800. The van der Waals surface area contributed by atoms with E-state index < -0.39 is 5.97 Å². The lowest BCUT2D eigenvalue weighted by Crippen LogP contribution is -2.15. The van der Waals surface area contributed by atoms with Gasteiger partial charge in [0, 0.05) is 6.54 Å². The Bertz CT molecular complexity index is 85.0. The van der Waals surface area contributed by atoms with Crippen LogP contribution in [0.5, 0.6) is 0 Å². The van der Waals surface area contributed by atoms with Gasteiger partial charge in [0.05, 0.1) is 6.42 Å². The highest BCUT2D eigenvalue weighted by Gasteiger charge is 1.95. The Morgan fingerprint density at radius 3 is 2.11 bits per heavy atom. The minimum Gasteiger partial charge on any atom is -0.481 e. The van der Waals surface area contributed by atoms with Gasteiger partial charge in [-0.3, -0.25) is 4.79 Å². The fourth-order valence-electron chi connectivity index (χ4n) is 0.319. The van der Waals surface area contributed by atoms with E-state index in [0.29, 0.717) is 6.54 Å². The Hall–Kier alpha value is 0.160. The lowest BCUT2D eigenvalue weighted by molar-refractivity contribution is -0.137. The summed E-state index contributed by atoms with van der Waals surface area (Å²) in [5, 5.41) is 8.14. The molecular weight excluding hydrogens is 233 g/mol.